The number of benzene rings is 2. The van der Waals surface area contributed by atoms with E-state index in [4.69, 9.17) is 11.6 Å². The van der Waals surface area contributed by atoms with Crippen molar-refractivity contribution in [3.05, 3.63) is 59.4 Å². The Bertz CT molecular complexity index is 1180. The van der Waals surface area contributed by atoms with Crippen LogP contribution in [0.15, 0.2) is 47.8 Å². The van der Waals surface area contributed by atoms with Crippen LogP contribution in [0.25, 0.3) is 21.9 Å². The van der Waals surface area contributed by atoms with Gasteiger partial charge >= 0.3 is 0 Å². The van der Waals surface area contributed by atoms with E-state index in [-0.39, 0.29) is 22.5 Å². The molecule has 27 heavy (non-hydrogen) atoms. The fraction of sp³-hybridized carbons (Fsp3) is 0.0556. The predicted molar refractivity (Wildman–Crippen MR) is 102 cm³/mol. The first kappa shape index (κ1) is 17.7. The van der Waals surface area contributed by atoms with E-state index in [9.17, 15) is 13.6 Å². The highest BCUT2D eigenvalue weighted by Crippen LogP contribution is 2.30. The van der Waals surface area contributed by atoms with Crippen molar-refractivity contribution < 1.29 is 13.6 Å². The molecule has 0 aliphatic rings. The van der Waals surface area contributed by atoms with Gasteiger partial charge in [-0.1, -0.05) is 23.4 Å². The number of fused-ring (bicyclic) bond motifs is 3. The number of carbonyl (C=O) groups is 1. The summed E-state index contributed by atoms with van der Waals surface area (Å²) < 4.78 is 26.6. The van der Waals surface area contributed by atoms with Gasteiger partial charge in [0.2, 0.25) is 5.91 Å². The van der Waals surface area contributed by atoms with Crippen molar-refractivity contribution in [2.24, 2.45) is 0 Å². The largest absolute Gasteiger partial charge is 0.351 e. The Morgan fingerprint density at radius 1 is 1.15 bits per heavy atom. The van der Waals surface area contributed by atoms with E-state index in [1.54, 1.807) is 6.07 Å². The highest BCUT2D eigenvalue weighted by Gasteiger charge is 2.14. The normalized spacial score (nSPS) is 11.2. The average molecular weight is 405 g/mol. The molecule has 2 N–H and O–H groups in total. The summed E-state index contributed by atoms with van der Waals surface area (Å²) in [5.41, 5.74) is 2.29. The zero-order valence-corrected chi connectivity index (χ0v) is 15.2. The van der Waals surface area contributed by atoms with Crippen LogP contribution in [0.3, 0.4) is 0 Å². The van der Waals surface area contributed by atoms with E-state index in [0.717, 1.165) is 11.6 Å². The quantitative estimate of drug-likeness (QED) is 0.379. The molecule has 0 aliphatic carbocycles. The zero-order chi connectivity index (χ0) is 19.0. The van der Waals surface area contributed by atoms with Gasteiger partial charge in [0, 0.05) is 10.9 Å². The van der Waals surface area contributed by atoms with Crippen LogP contribution in [0.4, 0.5) is 14.5 Å². The van der Waals surface area contributed by atoms with Crippen molar-refractivity contribution in [3.63, 3.8) is 0 Å². The first-order valence-electron chi connectivity index (χ1n) is 7.81. The topological polar surface area (TPSA) is 70.7 Å². The van der Waals surface area contributed by atoms with Crippen LogP contribution in [0, 0.1) is 11.6 Å². The summed E-state index contributed by atoms with van der Waals surface area (Å²) in [7, 11) is 0. The van der Waals surface area contributed by atoms with E-state index in [2.05, 4.69) is 20.3 Å². The van der Waals surface area contributed by atoms with Crippen LogP contribution in [0.2, 0.25) is 5.02 Å². The third-order valence-corrected chi connectivity index (χ3v) is 5.16. The maximum atomic E-state index is 13.5. The molecule has 0 atom stereocenters. The Balaban J connectivity index is 1.55. The molecule has 0 saturated carbocycles. The number of hydrogen-bond acceptors (Lipinski definition) is 4. The van der Waals surface area contributed by atoms with Crippen LogP contribution >= 0.6 is 23.4 Å². The maximum absolute atomic E-state index is 13.5. The minimum atomic E-state index is -0.481. The molecule has 5 nitrogen and oxygen atoms in total. The first-order valence-corrected chi connectivity index (χ1v) is 9.17. The molecule has 2 aromatic carbocycles. The van der Waals surface area contributed by atoms with E-state index < -0.39 is 5.82 Å². The molecule has 0 aliphatic heterocycles. The minimum Gasteiger partial charge on any atom is -0.351 e. The van der Waals surface area contributed by atoms with Crippen LogP contribution in [0.5, 0.6) is 0 Å². The smallest absolute Gasteiger partial charge is 0.234 e. The van der Waals surface area contributed by atoms with Crippen LogP contribution in [0.1, 0.15) is 0 Å². The molecule has 0 fully saturated rings. The van der Waals surface area contributed by atoms with Gasteiger partial charge in [-0.3, -0.25) is 4.79 Å². The second-order valence-corrected chi connectivity index (χ2v) is 7.05. The molecular formula is C18H11ClF2N4OS. The second-order valence-electron chi connectivity index (χ2n) is 5.68. The fourth-order valence-corrected chi connectivity index (χ4v) is 3.63. The highest BCUT2D eigenvalue weighted by atomic mass is 35.5. The molecule has 136 valence electrons. The number of halogens is 3. The van der Waals surface area contributed by atoms with Gasteiger partial charge in [-0.05, 0) is 36.4 Å². The molecule has 9 heteroatoms. The number of carbonyl (C=O) groups excluding carboxylic acids is 1. The number of nitrogens with one attached hydrogen (secondary N) is 2. The molecule has 4 rings (SSSR count). The van der Waals surface area contributed by atoms with Gasteiger partial charge in [-0.25, -0.2) is 18.7 Å². The van der Waals surface area contributed by atoms with Crippen molar-refractivity contribution in [2.45, 2.75) is 5.03 Å². The van der Waals surface area contributed by atoms with Gasteiger partial charge in [-0.15, -0.1) is 0 Å². The van der Waals surface area contributed by atoms with Crippen molar-refractivity contribution in [2.75, 3.05) is 11.1 Å². The Kier molecular flexibility index (Phi) is 4.67. The number of anilines is 1. The molecule has 1 amide bonds. The number of hydrogen-bond donors (Lipinski definition) is 2. The molecule has 0 radical (unpaired) electrons. The molecule has 4 aromatic rings. The highest BCUT2D eigenvalue weighted by molar-refractivity contribution is 8.00. The number of amides is 1. The van der Waals surface area contributed by atoms with E-state index in [0.29, 0.717) is 27.1 Å². The van der Waals surface area contributed by atoms with Gasteiger partial charge in [0.1, 0.15) is 28.5 Å². The summed E-state index contributed by atoms with van der Waals surface area (Å²) in [6.45, 7) is 0. The molecule has 0 unspecified atom stereocenters. The lowest BCUT2D eigenvalue weighted by molar-refractivity contribution is -0.113. The van der Waals surface area contributed by atoms with Crippen molar-refractivity contribution >= 4 is 56.9 Å². The van der Waals surface area contributed by atoms with E-state index >= 15 is 0 Å². The van der Waals surface area contributed by atoms with Crippen LogP contribution in [-0.4, -0.2) is 26.6 Å². The molecule has 2 aromatic heterocycles. The monoisotopic (exact) mass is 404 g/mol. The molecule has 2 heterocycles. The standard InChI is InChI=1S/C18H11ClF2N4OS/c19-12-6-10(21)2-4-14(12)24-15(26)7-27-18-17-16(22-8-23-18)11-5-9(20)1-3-13(11)25-17/h1-6,8,25H,7H2,(H,24,26). The maximum Gasteiger partial charge on any atom is 0.234 e. The lowest BCUT2D eigenvalue weighted by Gasteiger charge is -2.07. The lowest BCUT2D eigenvalue weighted by atomic mass is 10.2. The number of nitrogens with zero attached hydrogens (tertiary/aromatic N) is 2. The third-order valence-electron chi connectivity index (χ3n) is 3.85. The third kappa shape index (κ3) is 3.58. The summed E-state index contributed by atoms with van der Waals surface area (Å²) in [4.78, 5) is 23.8. The number of rotatable bonds is 4. The predicted octanol–water partition coefficient (Wildman–Crippen LogP) is 4.77. The Labute approximate surface area is 161 Å². The zero-order valence-electron chi connectivity index (χ0n) is 13.6. The summed E-state index contributed by atoms with van der Waals surface area (Å²) in [5, 5.41) is 3.97. The van der Waals surface area contributed by atoms with E-state index in [1.165, 1.54) is 42.4 Å². The molecular weight excluding hydrogens is 394 g/mol. The average Bonchev–Trinajstić information content (AvgIpc) is 3.01. The van der Waals surface area contributed by atoms with Gasteiger partial charge < -0.3 is 10.3 Å². The summed E-state index contributed by atoms with van der Waals surface area (Å²) in [6.07, 6.45) is 1.37. The molecule has 0 spiro atoms. The Morgan fingerprint density at radius 3 is 2.74 bits per heavy atom. The summed E-state index contributed by atoms with van der Waals surface area (Å²) in [6, 6.07) is 8.13. The van der Waals surface area contributed by atoms with Gasteiger partial charge in [0.05, 0.1) is 22.0 Å². The number of aromatic nitrogens is 3. The van der Waals surface area contributed by atoms with Gasteiger partial charge in [0.15, 0.2) is 0 Å². The summed E-state index contributed by atoms with van der Waals surface area (Å²) in [5.74, 6) is -1.09. The fourth-order valence-electron chi connectivity index (χ4n) is 2.66. The summed E-state index contributed by atoms with van der Waals surface area (Å²) >= 11 is 7.11. The van der Waals surface area contributed by atoms with Crippen molar-refractivity contribution in [1.29, 1.82) is 0 Å². The first-order chi connectivity index (χ1) is 13.0. The van der Waals surface area contributed by atoms with Gasteiger partial charge in [0.25, 0.3) is 0 Å². The van der Waals surface area contributed by atoms with Crippen LogP contribution < -0.4 is 5.32 Å². The Hall–Kier alpha value is -2.71. The van der Waals surface area contributed by atoms with Crippen molar-refractivity contribution in [3.8, 4) is 0 Å². The second kappa shape index (κ2) is 7.13. The number of thioether (sulfide) groups is 1. The van der Waals surface area contributed by atoms with Crippen LogP contribution in [-0.2, 0) is 4.79 Å². The minimum absolute atomic E-state index is 0.0591. The molecule has 0 saturated heterocycles. The SMILES string of the molecule is O=C(CSc1ncnc2c1[nH]c1ccc(F)cc12)Nc1ccc(F)cc1Cl. The van der Waals surface area contributed by atoms with E-state index in [1.807, 2.05) is 0 Å². The Morgan fingerprint density at radius 2 is 1.93 bits per heavy atom. The van der Waals surface area contributed by atoms with Gasteiger partial charge in [-0.2, -0.15) is 0 Å². The lowest BCUT2D eigenvalue weighted by Crippen LogP contribution is -2.14. The molecule has 0 bridgehead atoms. The number of aromatic amines is 1. The number of H-pyrrole nitrogens is 1. The van der Waals surface area contributed by atoms with Crippen molar-refractivity contribution in [1.82, 2.24) is 15.0 Å².